The van der Waals surface area contributed by atoms with Gasteiger partial charge in [-0.15, -0.1) is 0 Å². The number of allylic oxidation sites excluding steroid dienone is 4. The third kappa shape index (κ3) is 70.1. The second kappa shape index (κ2) is 59.5. The Morgan fingerprint density at radius 2 is 0.526 bits per heavy atom. The molecule has 0 atom stereocenters. The Hall–Kier alpha value is -0.781. The fraction of sp³-hybridized carbons (Fsp3) is 0.885. The SMILES string of the molecule is CCCCCCCC/C=C\CCCCCCCC(=O)[O-].CCCCCCCC/C=C\CCCCCCCC(=O)[O-].CCCCCCC[CH2][Sn+2][CH2]CCCCCCC. The summed E-state index contributed by atoms with van der Waals surface area (Å²) in [7, 11) is 0. The maximum atomic E-state index is 10.2. The van der Waals surface area contributed by atoms with E-state index in [0.717, 1.165) is 38.5 Å². The van der Waals surface area contributed by atoms with E-state index in [1.54, 1.807) is 21.7 Å². The van der Waals surface area contributed by atoms with E-state index in [9.17, 15) is 19.8 Å². The van der Waals surface area contributed by atoms with E-state index >= 15 is 0 Å². The van der Waals surface area contributed by atoms with Crippen molar-refractivity contribution in [3.63, 3.8) is 0 Å². The van der Waals surface area contributed by atoms with Crippen LogP contribution in [0.3, 0.4) is 0 Å². The van der Waals surface area contributed by atoms with Crippen molar-refractivity contribution in [3.8, 4) is 0 Å². The summed E-state index contributed by atoms with van der Waals surface area (Å²) < 4.78 is 3.31. The van der Waals surface area contributed by atoms with Crippen molar-refractivity contribution in [2.45, 2.75) is 293 Å². The minimum atomic E-state index is -0.914. The summed E-state index contributed by atoms with van der Waals surface area (Å²) in [5.74, 6) is -1.83. The quantitative estimate of drug-likeness (QED) is 0.0346. The van der Waals surface area contributed by atoms with Crippen molar-refractivity contribution in [2.75, 3.05) is 0 Å². The molecule has 0 unspecified atom stereocenters. The molecule has 0 aromatic heterocycles. The van der Waals surface area contributed by atoms with Crippen LogP contribution in [0.15, 0.2) is 24.3 Å². The van der Waals surface area contributed by atoms with E-state index in [2.05, 4.69) is 52.0 Å². The van der Waals surface area contributed by atoms with E-state index in [1.165, 1.54) is 193 Å². The second-order valence-corrected chi connectivity index (χ2v) is 21.0. The van der Waals surface area contributed by atoms with Gasteiger partial charge in [-0.2, -0.15) is 0 Å². The minimum absolute atomic E-state index is 0.0736. The molecule has 0 saturated carbocycles. The van der Waals surface area contributed by atoms with Gasteiger partial charge < -0.3 is 19.8 Å². The molecule has 0 saturated heterocycles. The van der Waals surface area contributed by atoms with Gasteiger partial charge in [0.15, 0.2) is 0 Å². The number of carbonyl (C=O) groups is 2. The van der Waals surface area contributed by atoms with Gasteiger partial charge in [-0.1, -0.05) is 141 Å². The maximum absolute atomic E-state index is 10.2. The third-order valence-corrected chi connectivity index (χ3v) is 14.7. The molecule has 0 aliphatic carbocycles. The molecule has 0 radical (unpaired) electrons. The molecule has 0 fully saturated rings. The predicted molar refractivity (Wildman–Crippen MR) is 251 cm³/mol. The molecule has 0 heterocycles. The van der Waals surface area contributed by atoms with E-state index in [0.29, 0.717) is 0 Å². The van der Waals surface area contributed by atoms with E-state index < -0.39 is 11.9 Å². The summed E-state index contributed by atoms with van der Waals surface area (Å²) in [4.78, 5) is 20.4. The van der Waals surface area contributed by atoms with E-state index in [1.807, 2.05) is 0 Å². The summed E-state index contributed by atoms with van der Waals surface area (Å²) >= 11 is 0.0736. The van der Waals surface area contributed by atoms with E-state index in [4.69, 9.17) is 0 Å². The number of carboxylic acid groups (broad SMARTS) is 2. The van der Waals surface area contributed by atoms with Crippen molar-refractivity contribution in [1.82, 2.24) is 0 Å². The Morgan fingerprint density at radius 3 is 0.772 bits per heavy atom. The molecule has 0 aromatic carbocycles. The molecule has 0 rings (SSSR count). The summed E-state index contributed by atoms with van der Waals surface area (Å²) in [5, 5.41) is 20.4. The first-order valence-electron chi connectivity index (χ1n) is 25.4. The van der Waals surface area contributed by atoms with Crippen LogP contribution in [0.25, 0.3) is 0 Å². The van der Waals surface area contributed by atoms with Crippen LogP contribution in [0.4, 0.5) is 0 Å². The van der Waals surface area contributed by atoms with Gasteiger partial charge in [-0.25, -0.2) is 0 Å². The van der Waals surface area contributed by atoms with Crippen LogP contribution < -0.4 is 10.2 Å². The predicted octanol–water partition coefficient (Wildman–Crippen LogP) is 15.8. The van der Waals surface area contributed by atoms with Crippen molar-refractivity contribution >= 4 is 33.1 Å². The Bertz CT molecular complexity index is 731. The van der Waals surface area contributed by atoms with Crippen molar-refractivity contribution in [3.05, 3.63) is 24.3 Å². The number of hydrogen-bond acceptors (Lipinski definition) is 4. The van der Waals surface area contributed by atoms with Gasteiger partial charge in [0.05, 0.1) is 0 Å². The number of carboxylic acids is 2. The number of unbranched alkanes of at least 4 members (excludes halogenated alkanes) is 32. The first kappa shape index (κ1) is 60.5. The molecular weight excluding hydrogens is 807 g/mol. The molecule has 0 N–H and O–H groups in total. The van der Waals surface area contributed by atoms with Crippen LogP contribution >= 0.6 is 0 Å². The molecule has 0 spiro atoms. The number of rotatable bonds is 44. The molecule has 336 valence electrons. The fourth-order valence-electron chi connectivity index (χ4n) is 6.87. The number of aliphatic carboxylic acids is 2. The van der Waals surface area contributed by atoms with Crippen molar-refractivity contribution < 1.29 is 19.8 Å². The van der Waals surface area contributed by atoms with Crippen LogP contribution in [-0.4, -0.2) is 33.1 Å². The van der Waals surface area contributed by atoms with Gasteiger partial charge in [0, 0.05) is 11.9 Å². The first-order chi connectivity index (χ1) is 28.0. The average molecular weight is 908 g/mol. The molecule has 0 aliphatic rings. The summed E-state index contributed by atoms with van der Waals surface area (Å²) in [6.45, 7) is 9.11. The molecule has 0 bridgehead atoms. The zero-order chi connectivity index (χ0) is 42.4. The Balaban J connectivity index is -0.000000771. The zero-order valence-electron chi connectivity index (χ0n) is 39.1. The third-order valence-electron chi connectivity index (χ3n) is 10.7. The number of hydrogen-bond donors (Lipinski definition) is 0. The monoisotopic (exact) mass is 909 g/mol. The summed E-state index contributed by atoms with van der Waals surface area (Å²) in [5.41, 5.74) is 0. The van der Waals surface area contributed by atoms with Crippen molar-refractivity contribution in [2.24, 2.45) is 0 Å². The van der Waals surface area contributed by atoms with Crippen LogP contribution in [-0.2, 0) is 9.59 Å². The zero-order valence-corrected chi connectivity index (χ0v) is 42.0. The van der Waals surface area contributed by atoms with Gasteiger partial charge in [0.1, 0.15) is 0 Å². The van der Waals surface area contributed by atoms with Crippen LogP contribution in [0.1, 0.15) is 285 Å². The van der Waals surface area contributed by atoms with E-state index in [-0.39, 0.29) is 34.0 Å². The van der Waals surface area contributed by atoms with Gasteiger partial charge in [-0.3, -0.25) is 0 Å². The normalized spacial score (nSPS) is 11.0. The Labute approximate surface area is 368 Å². The van der Waals surface area contributed by atoms with Gasteiger partial charge in [-0.05, 0) is 77.0 Å². The molecule has 0 aliphatic heterocycles. The molecule has 57 heavy (non-hydrogen) atoms. The van der Waals surface area contributed by atoms with Gasteiger partial charge in [0.25, 0.3) is 0 Å². The van der Waals surface area contributed by atoms with Gasteiger partial charge in [0.2, 0.25) is 0 Å². The molecule has 0 amide bonds. The summed E-state index contributed by atoms with van der Waals surface area (Å²) in [6, 6.07) is 0. The topological polar surface area (TPSA) is 80.3 Å². The van der Waals surface area contributed by atoms with Crippen molar-refractivity contribution in [1.29, 1.82) is 0 Å². The molecule has 5 heteroatoms. The van der Waals surface area contributed by atoms with Crippen LogP contribution in [0.5, 0.6) is 0 Å². The molecule has 4 nitrogen and oxygen atoms in total. The second-order valence-electron chi connectivity index (χ2n) is 16.7. The summed E-state index contributed by atoms with van der Waals surface area (Å²) in [6.07, 6.45) is 59.6. The molecular formula is C52H100O4Sn. The van der Waals surface area contributed by atoms with Gasteiger partial charge >= 0.3 is 121 Å². The van der Waals surface area contributed by atoms with Crippen LogP contribution in [0.2, 0.25) is 8.87 Å². The number of carbonyl (C=O) groups excluding carboxylic acids is 2. The fourth-order valence-corrected chi connectivity index (χ4v) is 10.4. The Kier molecular flexibility index (Phi) is 63.2. The average Bonchev–Trinajstić information content (AvgIpc) is 3.20. The van der Waals surface area contributed by atoms with Crippen LogP contribution in [0, 0.1) is 0 Å². The standard InChI is InChI=1S/2C18H34O2.2C8H17.Sn/c2*1-2-3-4-5-6-7-8-9-10-11-12-13-14-15-16-17-18(19)20;2*1-3-5-7-8-6-4-2;/h2*9-10H,2-8,11-17H2,1H3,(H,19,20);2*1,3-8H2,2H3;/q;;;;+2/p-2/b2*10-9-;;;. The first-order valence-corrected chi connectivity index (χ1v) is 29.4. The Morgan fingerprint density at radius 1 is 0.316 bits per heavy atom. The molecule has 0 aromatic rings.